The van der Waals surface area contributed by atoms with Gasteiger partial charge in [0.2, 0.25) is 5.75 Å². The van der Waals surface area contributed by atoms with E-state index in [0.29, 0.717) is 18.4 Å². The number of rotatable bonds is 3. The van der Waals surface area contributed by atoms with E-state index >= 15 is 0 Å². The highest BCUT2D eigenvalue weighted by Crippen LogP contribution is 2.40. The molecule has 128 valence electrons. The van der Waals surface area contributed by atoms with E-state index in [1.165, 1.54) is 32.4 Å². The molecule has 7 heteroatoms. The Bertz CT molecular complexity index is 667. The Hall–Kier alpha value is -2.70. The van der Waals surface area contributed by atoms with Crippen LogP contribution in [0, 0.1) is 0 Å². The van der Waals surface area contributed by atoms with Gasteiger partial charge in [-0.15, -0.1) is 0 Å². The second-order valence-electron chi connectivity index (χ2n) is 5.73. The van der Waals surface area contributed by atoms with E-state index in [9.17, 15) is 14.7 Å². The van der Waals surface area contributed by atoms with Gasteiger partial charge in [-0.05, 0) is 36.6 Å². The number of phenolic OH excluding ortho intramolecular Hbond substituents is 1. The SMILES string of the molecule is COc1cc(C=C2C(=O)OC3(CCCC3)OC2=O)cc(OC)c1O. The minimum Gasteiger partial charge on any atom is -0.502 e. The van der Waals surface area contributed by atoms with Gasteiger partial charge >= 0.3 is 11.9 Å². The molecule has 0 amide bonds. The molecule has 0 unspecified atom stereocenters. The van der Waals surface area contributed by atoms with E-state index in [-0.39, 0.29) is 22.8 Å². The third kappa shape index (κ3) is 2.77. The van der Waals surface area contributed by atoms with Crippen molar-refractivity contribution >= 4 is 18.0 Å². The number of carbonyl (C=O) groups excluding carboxylic acids is 2. The van der Waals surface area contributed by atoms with Gasteiger partial charge in [0.1, 0.15) is 5.57 Å². The molecule has 3 rings (SSSR count). The van der Waals surface area contributed by atoms with Crippen LogP contribution in [0.1, 0.15) is 31.2 Å². The zero-order valence-corrected chi connectivity index (χ0v) is 13.5. The van der Waals surface area contributed by atoms with Crippen LogP contribution in [0.3, 0.4) is 0 Å². The molecule has 7 nitrogen and oxygen atoms in total. The average Bonchev–Trinajstić information content (AvgIpc) is 2.99. The second kappa shape index (κ2) is 6.07. The van der Waals surface area contributed by atoms with Crippen molar-refractivity contribution in [1.82, 2.24) is 0 Å². The van der Waals surface area contributed by atoms with Crippen LogP contribution in [0.15, 0.2) is 17.7 Å². The summed E-state index contributed by atoms with van der Waals surface area (Å²) in [5.41, 5.74) is 0.232. The minimum atomic E-state index is -1.10. The Morgan fingerprint density at radius 3 is 2.00 bits per heavy atom. The van der Waals surface area contributed by atoms with Crippen molar-refractivity contribution in [2.45, 2.75) is 31.5 Å². The lowest BCUT2D eigenvalue weighted by Gasteiger charge is -2.32. The largest absolute Gasteiger partial charge is 0.502 e. The zero-order valence-electron chi connectivity index (χ0n) is 13.5. The molecule has 2 fully saturated rings. The molecule has 1 saturated carbocycles. The number of benzene rings is 1. The van der Waals surface area contributed by atoms with E-state index in [0.717, 1.165) is 12.8 Å². The third-order valence-electron chi connectivity index (χ3n) is 4.18. The van der Waals surface area contributed by atoms with Crippen molar-refractivity contribution in [2.24, 2.45) is 0 Å². The van der Waals surface area contributed by atoms with Crippen molar-refractivity contribution in [3.63, 3.8) is 0 Å². The molecular weight excluding hydrogens is 316 g/mol. The summed E-state index contributed by atoms with van der Waals surface area (Å²) in [4.78, 5) is 24.5. The quantitative estimate of drug-likeness (QED) is 0.514. The van der Waals surface area contributed by atoms with E-state index < -0.39 is 17.7 Å². The molecule has 1 heterocycles. The predicted molar refractivity (Wildman–Crippen MR) is 82.6 cm³/mol. The first-order valence-electron chi connectivity index (χ1n) is 7.61. The smallest absolute Gasteiger partial charge is 0.348 e. The summed E-state index contributed by atoms with van der Waals surface area (Å²) in [5.74, 6) is -2.37. The maximum absolute atomic E-state index is 12.2. The van der Waals surface area contributed by atoms with Crippen LogP contribution in [-0.4, -0.2) is 37.1 Å². The summed E-state index contributed by atoms with van der Waals surface area (Å²) >= 11 is 0. The normalized spacial score (nSPS) is 19.0. The van der Waals surface area contributed by atoms with Crippen molar-refractivity contribution < 1.29 is 33.6 Å². The fourth-order valence-corrected chi connectivity index (χ4v) is 2.95. The number of ether oxygens (including phenoxy) is 4. The molecule has 24 heavy (non-hydrogen) atoms. The highest BCUT2D eigenvalue weighted by Gasteiger charge is 2.47. The van der Waals surface area contributed by atoms with E-state index in [2.05, 4.69) is 0 Å². The van der Waals surface area contributed by atoms with Gasteiger partial charge in [0.05, 0.1) is 14.2 Å². The topological polar surface area (TPSA) is 91.3 Å². The molecule has 0 atom stereocenters. The number of hydrogen-bond acceptors (Lipinski definition) is 7. The highest BCUT2D eigenvalue weighted by atomic mass is 16.7. The standard InChI is InChI=1S/C17H18O7/c1-21-12-8-10(9-13(22-2)14(12)18)7-11-15(19)23-17(24-16(11)20)5-3-4-6-17/h7-9,18H,3-6H2,1-2H3. The van der Waals surface area contributed by atoms with Gasteiger partial charge in [-0.25, -0.2) is 9.59 Å². The summed E-state index contributed by atoms with van der Waals surface area (Å²) < 4.78 is 20.8. The van der Waals surface area contributed by atoms with Crippen LogP contribution in [0.4, 0.5) is 0 Å². The van der Waals surface area contributed by atoms with Gasteiger partial charge in [0, 0.05) is 12.8 Å². The first kappa shape index (κ1) is 16.2. The zero-order chi connectivity index (χ0) is 17.3. The molecule has 2 aliphatic rings. The second-order valence-corrected chi connectivity index (χ2v) is 5.73. The monoisotopic (exact) mass is 334 g/mol. The maximum Gasteiger partial charge on any atom is 0.348 e. The minimum absolute atomic E-state index is 0.158. The predicted octanol–water partition coefficient (Wildman–Crippen LogP) is 2.16. The number of methoxy groups -OCH3 is 2. The fourth-order valence-electron chi connectivity index (χ4n) is 2.95. The molecule has 1 aliphatic carbocycles. The maximum atomic E-state index is 12.2. The van der Waals surface area contributed by atoms with Crippen LogP contribution in [-0.2, 0) is 19.1 Å². The molecule has 1 N–H and O–H groups in total. The van der Waals surface area contributed by atoms with Crippen molar-refractivity contribution in [3.05, 3.63) is 23.3 Å². The first-order chi connectivity index (χ1) is 11.5. The number of phenols is 1. The number of hydrogen-bond donors (Lipinski definition) is 1. The summed E-state index contributed by atoms with van der Waals surface area (Å²) in [6.07, 6.45) is 4.09. The van der Waals surface area contributed by atoms with Crippen LogP contribution in [0.25, 0.3) is 6.08 Å². The van der Waals surface area contributed by atoms with Gasteiger partial charge in [0.15, 0.2) is 11.5 Å². The van der Waals surface area contributed by atoms with Crippen LogP contribution < -0.4 is 9.47 Å². The summed E-state index contributed by atoms with van der Waals surface area (Å²) in [6, 6.07) is 2.96. The summed E-state index contributed by atoms with van der Waals surface area (Å²) in [5, 5.41) is 9.91. The Balaban J connectivity index is 1.94. The molecular formula is C17H18O7. The van der Waals surface area contributed by atoms with Crippen LogP contribution in [0.2, 0.25) is 0 Å². The third-order valence-corrected chi connectivity index (χ3v) is 4.18. The summed E-state index contributed by atoms with van der Waals surface area (Å²) in [7, 11) is 2.77. The van der Waals surface area contributed by atoms with Gasteiger partial charge in [-0.1, -0.05) is 0 Å². The van der Waals surface area contributed by atoms with Gasteiger partial charge in [0.25, 0.3) is 5.79 Å². The first-order valence-corrected chi connectivity index (χ1v) is 7.61. The van der Waals surface area contributed by atoms with Crippen LogP contribution in [0.5, 0.6) is 17.2 Å². The van der Waals surface area contributed by atoms with Crippen molar-refractivity contribution in [3.8, 4) is 17.2 Å². The molecule has 1 aromatic carbocycles. The highest BCUT2D eigenvalue weighted by molar-refractivity contribution is 6.19. The number of carbonyl (C=O) groups is 2. The molecule has 1 spiro atoms. The van der Waals surface area contributed by atoms with Gasteiger partial charge in [-0.3, -0.25) is 0 Å². The Morgan fingerprint density at radius 1 is 1.04 bits per heavy atom. The lowest BCUT2D eigenvalue weighted by atomic mass is 10.1. The van der Waals surface area contributed by atoms with E-state index in [4.69, 9.17) is 18.9 Å². The Labute approximate surface area is 138 Å². The average molecular weight is 334 g/mol. The lowest BCUT2D eigenvalue weighted by Crippen LogP contribution is -2.44. The van der Waals surface area contributed by atoms with Gasteiger partial charge in [-0.2, -0.15) is 0 Å². The molecule has 1 saturated heterocycles. The molecule has 0 bridgehead atoms. The van der Waals surface area contributed by atoms with E-state index in [1.807, 2.05) is 0 Å². The Kier molecular flexibility index (Phi) is 4.09. The molecule has 0 aromatic heterocycles. The molecule has 0 radical (unpaired) electrons. The molecule has 1 aromatic rings. The summed E-state index contributed by atoms with van der Waals surface area (Å²) in [6.45, 7) is 0. The number of esters is 2. The fraction of sp³-hybridized carbons (Fsp3) is 0.412. The Morgan fingerprint density at radius 2 is 1.54 bits per heavy atom. The van der Waals surface area contributed by atoms with E-state index in [1.54, 1.807) is 0 Å². The van der Waals surface area contributed by atoms with Crippen LogP contribution >= 0.6 is 0 Å². The van der Waals surface area contributed by atoms with Gasteiger partial charge < -0.3 is 24.1 Å². The van der Waals surface area contributed by atoms with Crippen molar-refractivity contribution in [1.29, 1.82) is 0 Å². The van der Waals surface area contributed by atoms with Crippen molar-refractivity contribution in [2.75, 3.05) is 14.2 Å². The number of aromatic hydroxyl groups is 1. The lowest BCUT2D eigenvalue weighted by molar-refractivity contribution is -0.232. The molecule has 1 aliphatic heterocycles.